The van der Waals surface area contributed by atoms with Crippen molar-refractivity contribution in [1.82, 2.24) is 10.3 Å². The van der Waals surface area contributed by atoms with Crippen LogP contribution in [0.15, 0.2) is 48.5 Å². The minimum atomic E-state index is -1.09. The second-order valence-corrected chi connectivity index (χ2v) is 8.99. The molecule has 0 fully saturated rings. The highest BCUT2D eigenvalue weighted by molar-refractivity contribution is 7.17. The number of hydrogen-bond acceptors (Lipinski definition) is 7. The smallest absolute Gasteiger partial charge is 0.413 e. The number of hydrogen-bond donors (Lipinski definition) is 3. The van der Waals surface area contributed by atoms with E-state index < -0.39 is 24.1 Å². The first-order valence-electron chi connectivity index (χ1n) is 11.0. The van der Waals surface area contributed by atoms with Crippen molar-refractivity contribution in [2.45, 2.75) is 25.4 Å². The van der Waals surface area contributed by atoms with Crippen LogP contribution in [-0.4, -0.2) is 54.4 Å². The summed E-state index contributed by atoms with van der Waals surface area (Å²) in [6.45, 7) is 1.95. The number of carboxylic acids is 1. The lowest BCUT2D eigenvalue weighted by molar-refractivity contribution is -0.148. The molecular formula is C25H25N3O6S. The molecule has 0 saturated heterocycles. The van der Waals surface area contributed by atoms with Gasteiger partial charge in [-0.05, 0) is 29.2 Å². The predicted molar refractivity (Wildman–Crippen MR) is 131 cm³/mol. The third-order valence-corrected chi connectivity index (χ3v) is 6.88. The number of rotatable bonds is 9. The summed E-state index contributed by atoms with van der Waals surface area (Å²) in [7, 11) is 1.30. The first-order valence-corrected chi connectivity index (χ1v) is 11.8. The summed E-state index contributed by atoms with van der Waals surface area (Å²) in [4.78, 5) is 40.5. The summed E-state index contributed by atoms with van der Waals surface area (Å²) in [5.41, 5.74) is 4.96. The van der Waals surface area contributed by atoms with Gasteiger partial charge in [0.05, 0.1) is 5.69 Å². The Morgan fingerprint density at radius 1 is 1.09 bits per heavy atom. The largest absolute Gasteiger partial charge is 0.479 e. The number of ether oxygens (including phenoxy) is 2. The first-order chi connectivity index (χ1) is 16.9. The molecule has 10 heteroatoms. The molecule has 0 bridgehead atoms. The lowest BCUT2D eigenvalue weighted by Crippen LogP contribution is -2.31. The van der Waals surface area contributed by atoms with Crippen LogP contribution in [0.5, 0.6) is 0 Å². The molecule has 1 heterocycles. The van der Waals surface area contributed by atoms with E-state index >= 15 is 0 Å². The van der Waals surface area contributed by atoms with E-state index in [0.29, 0.717) is 10.6 Å². The summed E-state index contributed by atoms with van der Waals surface area (Å²) < 4.78 is 10.4. The first kappa shape index (κ1) is 24.4. The number of carboxylic acid groups (broad SMARTS) is 1. The lowest BCUT2D eigenvalue weighted by Gasteiger charge is -2.14. The Balaban J connectivity index is 1.34. The van der Waals surface area contributed by atoms with Crippen LogP contribution in [0.1, 0.15) is 38.8 Å². The van der Waals surface area contributed by atoms with Crippen LogP contribution >= 0.6 is 11.3 Å². The minimum absolute atomic E-state index is 0.0609. The Morgan fingerprint density at radius 3 is 2.31 bits per heavy atom. The Labute approximate surface area is 206 Å². The number of carbonyl (C=O) groups is 3. The minimum Gasteiger partial charge on any atom is -0.479 e. The number of methoxy groups -OCH3 is 1. The molecule has 0 saturated carbocycles. The number of thiazole rings is 1. The second-order valence-electron chi connectivity index (χ2n) is 7.99. The molecule has 2 amide bonds. The van der Waals surface area contributed by atoms with Gasteiger partial charge in [0.15, 0.2) is 11.2 Å². The molecule has 0 spiro atoms. The summed E-state index contributed by atoms with van der Waals surface area (Å²) in [6.07, 6.45) is -1.53. The summed E-state index contributed by atoms with van der Waals surface area (Å²) in [5, 5.41) is 14.5. The van der Waals surface area contributed by atoms with Crippen molar-refractivity contribution < 1.29 is 29.0 Å². The Hall–Kier alpha value is -3.76. The van der Waals surface area contributed by atoms with Crippen LogP contribution in [0.3, 0.4) is 0 Å². The fourth-order valence-electron chi connectivity index (χ4n) is 4.12. The summed E-state index contributed by atoms with van der Waals surface area (Å²) in [5.74, 6) is -1.56. The van der Waals surface area contributed by atoms with Gasteiger partial charge in [-0.2, -0.15) is 0 Å². The zero-order chi connectivity index (χ0) is 24.9. The van der Waals surface area contributed by atoms with E-state index in [1.54, 1.807) is 6.92 Å². The molecule has 182 valence electrons. The van der Waals surface area contributed by atoms with Gasteiger partial charge in [0, 0.05) is 26.0 Å². The normalized spacial score (nSPS) is 13.0. The van der Waals surface area contributed by atoms with Gasteiger partial charge in [-0.1, -0.05) is 59.9 Å². The van der Waals surface area contributed by atoms with Crippen molar-refractivity contribution in [2.75, 3.05) is 25.6 Å². The van der Waals surface area contributed by atoms with Gasteiger partial charge >= 0.3 is 12.1 Å². The van der Waals surface area contributed by atoms with Gasteiger partial charge in [0.1, 0.15) is 11.5 Å². The van der Waals surface area contributed by atoms with Crippen molar-refractivity contribution in [3.05, 3.63) is 70.2 Å². The molecule has 1 aliphatic rings. The molecule has 0 radical (unpaired) electrons. The third-order valence-electron chi connectivity index (χ3n) is 5.81. The maximum Gasteiger partial charge on any atom is 0.413 e. The molecule has 3 aromatic rings. The molecule has 1 aliphatic carbocycles. The average molecular weight is 496 g/mol. The molecule has 4 rings (SSSR count). The zero-order valence-electron chi connectivity index (χ0n) is 19.2. The molecule has 0 aliphatic heterocycles. The van der Waals surface area contributed by atoms with Gasteiger partial charge in [-0.15, -0.1) is 0 Å². The highest BCUT2D eigenvalue weighted by atomic mass is 32.1. The summed E-state index contributed by atoms with van der Waals surface area (Å²) >= 11 is 1.02. The molecule has 3 N–H and O–H groups in total. The highest BCUT2D eigenvalue weighted by Crippen LogP contribution is 2.44. The number of nitrogens with zero attached hydrogens (tertiary/aromatic N) is 1. The number of nitrogens with one attached hydrogen (secondary N) is 2. The number of aryl methyl sites for hydroxylation is 1. The second kappa shape index (κ2) is 10.7. The number of anilines is 1. The molecule has 35 heavy (non-hydrogen) atoms. The van der Waals surface area contributed by atoms with Crippen LogP contribution in [0.25, 0.3) is 11.1 Å². The SMILES string of the molecule is COC(CCNC(=O)c1sc(NC(=O)OCC2c3ccccc3-c3ccccc32)nc1C)C(=O)O. The van der Waals surface area contributed by atoms with Gasteiger partial charge in [0.25, 0.3) is 5.91 Å². The van der Waals surface area contributed by atoms with Crippen LogP contribution in [0.4, 0.5) is 9.93 Å². The van der Waals surface area contributed by atoms with Crippen molar-refractivity contribution in [3.63, 3.8) is 0 Å². The zero-order valence-corrected chi connectivity index (χ0v) is 20.1. The molecule has 1 unspecified atom stereocenters. The quantitative estimate of drug-likeness (QED) is 0.409. The fourth-order valence-corrected chi connectivity index (χ4v) is 4.99. The Bertz CT molecular complexity index is 1210. The monoisotopic (exact) mass is 495 g/mol. The molecule has 2 aromatic carbocycles. The Kier molecular flexibility index (Phi) is 7.42. The van der Waals surface area contributed by atoms with Crippen LogP contribution < -0.4 is 10.6 Å². The van der Waals surface area contributed by atoms with Gasteiger partial charge in [-0.3, -0.25) is 10.1 Å². The van der Waals surface area contributed by atoms with Crippen molar-refractivity contribution in [1.29, 1.82) is 0 Å². The average Bonchev–Trinajstić information content (AvgIpc) is 3.37. The van der Waals surface area contributed by atoms with Gasteiger partial charge < -0.3 is 19.9 Å². The number of amides is 2. The van der Waals surface area contributed by atoms with E-state index in [0.717, 1.165) is 33.6 Å². The topological polar surface area (TPSA) is 127 Å². The maximum atomic E-state index is 12.5. The predicted octanol–water partition coefficient (Wildman–Crippen LogP) is 4.03. The van der Waals surface area contributed by atoms with Crippen molar-refractivity contribution in [2.24, 2.45) is 0 Å². The molecule has 9 nitrogen and oxygen atoms in total. The maximum absolute atomic E-state index is 12.5. The van der Waals surface area contributed by atoms with Gasteiger partial charge in [0.2, 0.25) is 0 Å². The number of aliphatic carboxylic acids is 1. The summed E-state index contributed by atoms with van der Waals surface area (Å²) in [6, 6.07) is 16.1. The highest BCUT2D eigenvalue weighted by Gasteiger charge is 2.29. The van der Waals surface area contributed by atoms with Gasteiger partial charge in [-0.25, -0.2) is 14.6 Å². The molecule has 1 aromatic heterocycles. The third kappa shape index (κ3) is 5.33. The molecule has 1 atom stereocenters. The van der Waals surface area contributed by atoms with E-state index in [9.17, 15) is 14.4 Å². The fraction of sp³-hybridized carbons (Fsp3) is 0.280. The van der Waals surface area contributed by atoms with Crippen LogP contribution in [0, 0.1) is 6.92 Å². The Morgan fingerprint density at radius 2 is 1.71 bits per heavy atom. The van der Waals surface area contributed by atoms with E-state index in [1.807, 2.05) is 36.4 Å². The van der Waals surface area contributed by atoms with Crippen molar-refractivity contribution in [3.8, 4) is 11.1 Å². The number of fused-ring (bicyclic) bond motifs is 3. The van der Waals surface area contributed by atoms with Crippen LogP contribution in [-0.2, 0) is 14.3 Å². The van der Waals surface area contributed by atoms with E-state index in [4.69, 9.17) is 14.6 Å². The van der Waals surface area contributed by atoms with E-state index in [1.165, 1.54) is 7.11 Å². The molecular weight excluding hydrogens is 470 g/mol. The van der Waals surface area contributed by atoms with Crippen molar-refractivity contribution >= 4 is 34.4 Å². The lowest BCUT2D eigenvalue weighted by atomic mass is 9.98. The van der Waals surface area contributed by atoms with E-state index in [2.05, 4.69) is 27.8 Å². The number of aromatic nitrogens is 1. The number of benzene rings is 2. The van der Waals surface area contributed by atoms with E-state index in [-0.39, 0.29) is 30.6 Å². The van der Waals surface area contributed by atoms with Crippen LogP contribution in [0.2, 0.25) is 0 Å². The standard InChI is InChI=1S/C25H25N3O6S/c1-14-21(22(29)26-12-11-20(33-2)23(30)31)35-24(27-14)28-25(32)34-13-19-17-9-5-3-7-15(17)16-8-4-6-10-18(16)19/h3-10,19-20H,11-13H2,1-2H3,(H,26,29)(H,30,31)(H,27,28,32). The number of carbonyl (C=O) groups excluding carboxylic acids is 2.